The number of aryl methyl sites for hydroxylation is 1. The minimum Gasteiger partial charge on any atom is -0.307 e. The number of anilines is 2. The van der Waals surface area contributed by atoms with Crippen LogP contribution in [0.15, 0.2) is 45.9 Å². The van der Waals surface area contributed by atoms with Crippen LogP contribution in [-0.2, 0) is 10.0 Å². The lowest BCUT2D eigenvalue weighted by atomic mass is 10.2. The molecule has 106 valence electrons. The van der Waals surface area contributed by atoms with E-state index >= 15 is 0 Å². The van der Waals surface area contributed by atoms with E-state index in [0.717, 1.165) is 5.56 Å². The van der Waals surface area contributed by atoms with E-state index in [2.05, 4.69) is 31.1 Å². The van der Waals surface area contributed by atoms with Crippen LogP contribution in [0.25, 0.3) is 0 Å². The highest BCUT2D eigenvalue weighted by Crippen LogP contribution is 2.27. The number of nitrogens with two attached hydrogens (primary N) is 1. The Kier molecular flexibility index (Phi) is 4.26. The Morgan fingerprint density at radius 2 is 2.05 bits per heavy atom. The van der Waals surface area contributed by atoms with E-state index in [0.29, 0.717) is 10.2 Å². The quantitative estimate of drug-likeness (QED) is 0.576. The zero-order valence-corrected chi connectivity index (χ0v) is 13.0. The molecule has 0 aliphatic carbocycles. The molecule has 0 amide bonds. The summed E-state index contributed by atoms with van der Waals surface area (Å²) in [4.78, 5) is 3.86. The van der Waals surface area contributed by atoms with Crippen LogP contribution >= 0.6 is 15.9 Å². The van der Waals surface area contributed by atoms with E-state index in [1.54, 1.807) is 12.1 Å². The second kappa shape index (κ2) is 5.78. The normalized spacial score (nSPS) is 11.2. The third-order valence-corrected chi connectivity index (χ3v) is 4.65. The second-order valence-electron chi connectivity index (χ2n) is 4.08. The van der Waals surface area contributed by atoms with Crippen LogP contribution in [-0.4, -0.2) is 13.4 Å². The van der Waals surface area contributed by atoms with Crippen molar-refractivity contribution in [1.82, 2.24) is 4.98 Å². The summed E-state index contributed by atoms with van der Waals surface area (Å²) >= 11 is 3.31. The van der Waals surface area contributed by atoms with Gasteiger partial charge in [0.1, 0.15) is 4.90 Å². The van der Waals surface area contributed by atoms with E-state index in [-0.39, 0.29) is 10.7 Å². The molecule has 0 aliphatic heterocycles. The molecule has 1 heterocycles. The Morgan fingerprint density at radius 3 is 2.75 bits per heavy atom. The molecule has 1 aromatic heterocycles. The number of nitrogen functional groups attached to an aromatic ring is 1. The van der Waals surface area contributed by atoms with Crippen LogP contribution < -0.4 is 16.0 Å². The number of hydrazine groups is 1. The molecular weight excluding hydrogens is 344 g/mol. The maximum absolute atomic E-state index is 12.4. The molecule has 2 rings (SSSR count). The largest absolute Gasteiger partial charge is 0.307 e. The van der Waals surface area contributed by atoms with Crippen molar-refractivity contribution in [2.75, 3.05) is 10.1 Å². The van der Waals surface area contributed by atoms with E-state index in [1.807, 2.05) is 13.0 Å². The Hall–Kier alpha value is -1.64. The predicted octanol–water partition coefficient (Wildman–Crippen LogP) is 2.24. The van der Waals surface area contributed by atoms with Gasteiger partial charge in [-0.2, -0.15) is 0 Å². The lowest BCUT2D eigenvalue weighted by molar-refractivity contribution is 0.601. The highest BCUT2D eigenvalue weighted by molar-refractivity contribution is 9.10. The number of benzene rings is 1. The number of nitrogens with one attached hydrogen (secondary N) is 2. The van der Waals surface area contributed by atoms with Gasteiger partial charge in [0.05, 0.1) is 5.69 Å². The first kappa shape index (κ1) is 14.8. The summed E-state index contributed by atoms with van der Waals surface area (Å²) in [6, 6.07) is 8.33. The number of pyridine rings is 1. The molecule has 20 heavy (non-hydrogen) atoms. The van der Waals surface area contributed by atoms with Gasteiger partial charge >= 0.3 is 0 Å². The Balaban J connectivity index is 2.43. The van der Waals surface area contributed by atoms with Crippen molar-refractivity contribution in [3.8, 4) is 0 Å². The molecule has 0 radical (unpaired) electrons. The summed E-state index contributed by atoms with van der Waals surface area (Å²) < 4.78 is 27.9. The molecule has 6 nitrogen and oxygen atoms in total. The van der Waals surface area contributed by atoms with Gasteiger partial charge in [-0.15, -0.1) is 0 Å². The third-order valence-electron chi connectivity index (χ3n) is 2.56. The lowest BCUT2D eigenvalue weighted by Crippen LogP contribution is -2.18. The molecule has 0 spiro atoms. The third kappa shape index (κ3) is 3.09. The van der Waals surface area contributed by atoms with E-state index < -0.39 is 10.0 Å². The van der Waals surface area contributed by atoms with E-state index in [9.17, 15) is 8.42 Å². The maximum Gasteiger partial charge on any atom is 0.265 e. The van der Waals surface area contributed by atoms with Gasteiger partial charge in [-0.1, -0.05) is 6.07 Å². The Bertz CT molecular complexity index is 734. The number of rotatable bonds is 4. The SMILES string of the molecule is Cc1ccc(Br)c(NS(=O)(=O)c2cccnc2NN)c1. The molecule has 8 heteroatoms. The Labute approximate surface area is 125 Å². The predicted molar refractivity (Wildman–Crippen MR) is 81.7 cm³/mol. The number of nitrogens with zero attached hydrogens (tertiary/aromatic N) is 1. The minimum absolute atomic E-state index is 0.0177. The van der Waals surface area contributed by atoms with Gasteiger partial charge in [0.2, 0.25) is 0 Å². The van der Waals surface area contributed by atoms with Crippen molar-refractivity contribution in [2.45, 2.75) is 11.8 Å². The summed E-state index contributed by atoms with van der Waals surface area (Å²) in [7, 11) is -3.78. The summed E-state index contributed by atoms with van der Waals surface area (Å²) in [5.41, 5.74) is 3.67. The molecule has 0 saturated carbocycles. The topological polar surface area (TPSA) is 97.1 Å². The molecule has 0 saturated heterocycles. The molecule has 0 bridgehead atoms. The van der Waals surface area contributed by atoms with Crippen molar-refractivity contribution >= 4 is 37.5 Å². The number of hydrogen-bond acceptors (Lipinski definition) is 5. The molecule has 0 aliphatic rings. The number of aromatic nitrogens is 1. The Morgan fingerprint density at radius 1 is 1.30 bits per heavy atom. The monoisotopic (exact) mass is 356 g/mol. The number of sulfonamides is 1. The molecule has 0 unspecified atom stereocenters. The van der Waals surface area contributed by atoms with E-state index in [1.165, 1.54) is 18.3 Å². The highest BCUT2D eigenvalue weighted by Gasteiger charge is 2.20. The molecule has 2 aromatic rings. The first-order chi connectivity index (χ1) is 9.44. The first-order valence-electron chi connectivity index (χ1n) is 5.64. The minimum atomic E-state index is -3.78. The van der Waals surface area contributed by atoms with Gasteiger partial charge in [-0.3, -0.25) is 4.72 Å². The summed E-state index contributed by atoms with van der Waals surface area (Å²) in [6.07, 6.45) is 1.46. The van der Waals surface area contributed by atoms with Crippen LogP contribution in [0.4, 0.5) is 11.5 Å². The van der Waals surface area contributed by atoms with Crippen molar-refractivity contribution in [3.63, 3.8) is 0 Å². The van der Waals surface area contributed by atoms with Crippen molar-refractivity contribution < 1.29 is 8.42 Å². The maximum atomic E-state index is 12.4. The number of hydrogen-bond donors (Lipinski definition) is 3. The van der Waals surface area contributed by atoms with Crippen LogP contribution in [0.2, 0.25) is 0 Å². The van der Waals surface area contributed by atoms with Gasteiger partial charge in [-0.05, 0) is 52.7 Å². The first-order valence-corrected chi connectivity index (χ1v) is 7.92. The summed E-state index contributed by atoms with van der Waals surface area (Å²) in [6.45, 7) is 1.88. The average Bonchev–Trinajstić information content (AvgIpc) is 2.42. The summed E-state index contributed by atoms with van der Waals surface area (Å²) in [5.74, 6) is 5.37. The fourth-order valence-corrected chi connectivity index (χ4v) is 3.30. The zero-order valence-electron chi connectivity index (χ0n) is 10.6. The van der Waals surface area contributed by atoms with Gasteiger partial charge in [0, 0.05) is 10.7 Å². The lowest BCUT2D eigenvalue weighted by Gasteiger charge is -2.12. The summed E-state index contributed by atoms with van der Waals surface area (Å²) in [5, 5.41) is 0. The van der Waals surface area contributed by atoms with Crippen LogP contribution in [0.5, 0.6) is 0 Å². The van der Waals surface area contributed by atoms with Crippen molar-refractivity contribution in [3.05, 3.63) is 46.6 Å². The second-order valence-corrected chi connectivity index (χ2v) is 6.59. The smallest absolute Gasteiger partial charge is 0.265 e. The zero-order chi connectivity index (χ0) is 14.8. The fraction of sp³-hybridized carbons (Fsp3) is 0.0833. The fourth-order valence-electron chi connectivity index (χ4n) is 1.63. The molecule has 0 atom stereocenters. The molecule has 1 aromatic carbocycles. The van der Waals surface area contributed by atoms with Crippen LogP contribution in [0, 0.1) is 6.92 Å². The molecule has 0 fully saturated rings. The molecule has 4 N–H and O–H groups in total. The van der Waals surface area contributed by atoms with Gasteiger partial charge in [0.15, 0.2) is 5.82 Å². The van der Waals surface area contributed by atoms with Crippen LogP contribution in [0.1, 0.15) is 5.56 Å². The van der Waals surface area contributed by atoms with Gasteiger partial charge in [0.25, 0.3) is 10.0 Å². The standard InChI is InChI=1S/C12H13BrN4O2S/c1-8-4-5-9(13)10(7-8)17-20(18,19)11-3-2-6-15-12(11)16-14/h2-7,17H,14H2,1H3,(H,15,16). The van der Waals surface area contributed by atoms with Gasteiger partial charge < -0.3 is 5.43 Å². The van der Waals surface area contributed by atoms with E-state index in [4.69, 9.17) is 5.84 Å². The average molecular weight is 357 g/mol. The van der Waals surface area contributed by atoms with Crippen LogP contribution in [0.3, 0.4) is 0 Å². The van der Waals surface area contributed by atoms with Crippen molar-refractivity contribution in [1.29, 1.82) is 0 Å². The van der Waals surface area contributed by atoms with Gasteiger partial charge in [-0.25, -0.2) is 19.2 Å². The molecular formula is C12H13BrN4O2S. The highest BCUT2D eigenvalue weighted by atomic mass is 79.9. The number of halogens is 1. The van der Waals surface area contributed by atoms with Crippen molar-refractivity contribution in [2.24, 2.45) is 5.84 Å².